The van der Waals surface area contributed by atoms with Crippen LogP contribution < -0.4 is 5.32 Å². The molecule has 1 N–H and O–H groups in total. The summed E-state index contributed by atoms with van der Waals surface area (Å²) in [7, 11) is -1.78. The van der Waals surface area contributed by atoms with Gasteiger partial charge in [0.25, 0.3) is 0 Å². The van der Waals surface area contributed by atoms with Crippen LogP contribution in [0.3, 0.4) is 0 Å². The first-order valence-corrected chi connectivity index (χ1v) is 9.02. The molecule has 0 radical (unpaired) electrons. The van der Waals surface area contributed by atoms with E-state index in [-0.39, 0.29) is 18.2 Å². The van der Waals surface area contributed by atoms with E-state index in [4.69, 9.17) is 0 Å². The van der Waals surface area contributed by atoms with Crippen molar-refractivity contribution in [1.29, 1.82) is 0 Å². The highest BCUT2D eigenvalue weighted by molar-refractivity contribution is 7.89. The van der Waals surface area contributed by atoms with Gasteiger partial charge in [0.15, 0.2) is 0 Å². The molecule has 1 saturated carbocycles. The van der Waals surface area contributed by atoms with Gasteiger partial charge in [-0.2, -0.15) is 4.31 Å². The number of carbonyl (C=O) groups is 1. The lowest BCUT2D eigenvalue weighted by Crippen LogP contribution is -2.50. The summed E-state index contributed by atoms with van der Waals surface area (Å²) in [5.74, 6) is 0.645. The summed E-state index contributed by atoms with van der Waals surface area (Å²) in [4.78, 5) is 13.8. The highest BCUT2D eigenvalue weighted by Crippen LogP contribution is 2.29. The molecule has 1 saturated heterocycles. The van der Waals surface area contributed by atoms with Crippen LogP contribution in [0.25, 0.3) is 0 Å². The molecule has 1 aliphatic heterocycles. The van der Waals surface area contributed by atoms with Gasteiger partial charge in [0.05, 0.1) is 12.3 Å². The fourth-order valence-electron chi connectivity index (χ4n) is 2.56. The average Bonchev–Trinajstić information content (AvgIpc) is 2.37. The lowest BCUT2D eigenvalue weighted by molar-refractivity contribution is -0.131. The largest absolute Gasteiger partial charge is 0.339 e. The molecule has 1 aliphatic carbocycles. The highest BCUT2D eigenvalue weighted by atomic mass is 32.2. The number of carbonyl (C=O) groups excluding carboxylic acids is 1. The van der Waals surface area contributed by atoms with Crippen LogP contribution >= 0.6 is 0 Å². The van der Waals surface area contributed by atoms with E-state index in [9.17, 15) is 13.2 Å². The van der Waals surface area contributed by atoms with Crippen LogP contribution in [-0.2, 0) is 14.8 Å². The predicted molar refractivity (Wildman–Crippen MR) is 77.8 cm³/mol. The van der Waals surface area contributed by atoms with Gasteiger partial charge in [-0.25, -0.2) is 8.42 Å². The molecule has 0 aromatic carbocycles. The highest BCUT2D eigenvalue weighted by Gasteiger charge is 2.26. The quantitative estimate of drug-likeness (QED) is 0.742. The summed E-state index contributed by atoms with van der Waals surface area (Å²) in [5, 5.41) is 3.17. The van der Waals surface area contributed by atoms with Crippen LogP contribution in [0.15, 0.2) is 0 Å². The maximum atomic E-state index is 12.1. The van der Waals surface area contributed by atoms with Crippen molar-refractivity contribution in [2.75, 3.05) is 45.5 Å². The van der Waals surface area contributed by atoms with Gasteiger partial charge in [-0.1, -0.05) is 19.3 Å². The Bertz CT molecular complexity index is 428. The lowest BCUT2D eigenvalue weighted by Gasteiger charge is -2.29. The van der Waals surface area contributed by atoms with Gasteiger partial charge in [-0.15, -0.1) is 0 Å². The fraction of sp³-hybridized carbons (Fsp3) is 0.923. The molecular formula is C13H25N3O3S. The molecule has 20 heavy (non-hydrogen) atoms. The standard InChI is InChI=1S/C13H25N3O3S/c1-15(11-13(17)16-8-6-14-7-9-16)20(18,19)10-5-12-3-2-4-12/h12,14H,2-11H2,1H3. The molecule has 2 aliphatic rings. The van der Waals surface area contributed by atoms with Gasteiger partial charge in [0.1, 0.15) is 0 Å². The summed E-state index contributed by atoms with van der Waals surface area (Å²) >= 11 is 0. The number of piperazine rings is 1. The van der Waals surface area contributed by atoms with Gasteiger partial charge in [0, 0.05) is 33.2 Å². The number of nitrogens with one attached hydrogen (secondary N) is 1. The minimum atomic E-state index is -3.30. The molecule has 0 aromatic rings. The smallest absolute Gasteiger partial charge is 0.237 e. The zero-order valence-corrected chi connectivity index (χ0v) is 13.0. The number of nitrogens with zero attached hydrogens (tertiary/aromatic N) is 2. The average molecular weight is 303 g/mol. The second-order valence-electron chi connectivity index (χ2n) is 5.79. The molecule has 2 rings (SSSR count). The van der Waals surface area contributed by atoms with E-state index in [1.54, 1.807) is 4.90 Å². The molecule has 2 fully saturated rings. The van der Waals surface area contributed by atoms with E-state index in [1.807, 2.05) is 0 Å². The van der Waals surface area contributed by atoms with E-state index in [0.29, 0.717) is 19.0 Å². The molecule has 6 nitrogen and oxygen atoms in total. The predicted octanol–water partition coefficient (Wildman–Crippen LogP) is -0.130. The molecule has 0 spiro atoms. The third-order valence-corrected chi connectivity index (χ3v) is 6.14. The van der Waals surface area contributed by atoms with E-state index >= 15 is 0 Å². The number of likely N-dealkylation sites (N-methyl/N-ethyl adjacent to an activating group) is 1. The summed E-state index contributed by atoms with van der Waals surface area (Å²) in [6.45, 7) is 2.85. The van der Waals surface area contributed by atoms with Gasteiger partial charge >= 0.3 is 0 Å². The Morgan fingerprint density at radius 3 is 2.50 bits per heavy atom. The Morgan fingerprint density at radius 2 is 1.95 bits per heavy atom. The summed E-state index contributed by atoms with van der Waals surface area (Å²) in [6, 6.07) is 0. The van der Waals surface area contributed by atoms with Crippen molar-refractivity contribution in [3.05, 3.63) is 0 Å². The number of sulfonamides is 1. The van der Waals surface area contributed by atoms with Crippen molar-refractivity contribution in [2.24, 2.45) is 5.92 Å². The number of hydrogen-bond acceptors (Lipinski definition) is 4. The maximum absolute atomic E-state index is 12.1. The second kappa shape index (κ2) is 6.87. The van der Waals surface area contributed by atoms with Crippen LogP contribution in [-0.4, -0.2) is 69.1 Å². The Balaban J connectivity index is 1.79. The van der Waals surface area contributed by atoms with Crippen molar-refractivity contribution in [3.8, 4) is 0 Å². The van der Waals surface area contributed by atoms with Crippen LogP contribution in [0.4, 0.5) is 0 Å². The fourth-order valence-corrected chi connectivity index (χ4v) is 3.81. The minimum Gasteiger partial charge on any atom is -0.339 e. The first-order chi connectivity index (χ1) is 9.49. The van der Waals surface area contributed by atoms with Gasteiger partial charge in [-0.05, 0) is 12.3 Å². The summed E-state index contributed by atoms with van der Waals surface area (Å²) in [6.07, 6.45) is 4.26. The molecule has 0 bridgehead atoms. The Morgan fingerprint density at radius 1 is 1.30 bits per heavy atom. The lowest BCUT2D eigenvalue weighted by atomic mass is 9.84. The minimum absolute atomic E-state index is 0.0347. The number of hydrogen-bond donors (Lipinski definition) is 1. The topological polar surface area (TPSA) is 69.7 Å². The van der Waals surface area contributed by atoms with E-state index in [1.165, 1.54) is 17.8 Å². The van der Waals surface area contributed by atoms with E-state index in [2.05, 4.69) is 5.32 Å². The number of amides is 1. The Labute approximate surface area is 121 Å². The van der Waals surface area contributed by atoms with Crippen molar-refractivity contribution >= 4 is 15.9 Å². The molecule has 0 atom stereocenters. The van der Waals surface area contributed by atoms with Crippen molar-refractivity contribution in [2.45, 2.75) is 25.7 Å². The first-order valence-electron chi connectivity index (χ1n) is 7.41. The molecule has 1 heterocycles. The summed E-state index contributed by atoms with van der Waals surface area (Å²) in [5.41, 5.74) is 0. The molecule has 0 aromatic heterocycles. The van der Waals surface area contributed by atoms with E-state index in [0.717, 1.165) is 32.4 Å². The summed E-state index contributed by atoms with van der Waals surface area (Å²) < 4.78 is 25.5. The molecular weight excluding hydrogens is 278 g/mol. The SMILES string of the molecule is CN(CC(=O)N1CCNCC1)S(=O)(=O)CCC1CCC1. The second-order valence-corrected chi connectivity index (χ2v) is 7.98. The van der Waals surface area contributed by atoms with E-state index < -0.39 is 10.0 Å². The number of rotatable bonds is 6. The zero-order chi connectivity index (χ0) is 14.6. The monoisotopic (exact) mass is 303 g/mol. The van der Waals surface area contributed by atoms with Crippen LogP contribution in [0.5, 0.6) is 0 Å². The third kappa shape index (κ3) is 4.17. The van der Waals surface area contributed by atoms with Gasteiger partial charge < -0.3 is 10.2 Å². The third-order valence-electron chi connectivity index (χ3n) is 4.31. The van der Waals surface area contributed by atoms with Crippen molar-refractivity contribution in [3.63, 3.8) is 0 Å². The maximum Gasteiger partial charge on any atom is 0.237 e. The Hall–Kier alpha value is -0.660. The van der Waals surface area contributed by atoms with Gasteiger partial charge in [0.2, 0.25) is 15.9 Å². The van der Waals surface area contributed by atoms with Crippen molar-refractivity contribution in [1.82, 2.24) is 14.5 Å². The Kier molecular flexibility index (Phi) is 5.40. The van der Waals surface area contributed by atoms with Gasteiger partial charge in [-0.3, -0.25) is 4.79 Å². The van der Waals surface area contributed by atoms with Crippen LogP contribution in [0.1, 0.15) is 25.7 Å². The van der Waals surface area contributed by atoms with Crippen LogP contribution in [0.2, 0.25) is 0 Å². The molecule has 0 unspecified atom stereocenters. The molecule has 1 amide bonds. The first kappa shape index (κ1) is 15.7. The molecule has 116 valence electrons. The van der Waals surface area contributed by atoms with Crippen molar-refractivity contribution < 1.29 is 13.2 Å². The normalized spacial score (nSPS) is 21.0. The zero-order valence-electron chi connectivity index (χ0n) is 12.2. The molecule has 7 heteroatoms. The van der Waals surface area contributed by atoms with Crippen LogP contribution in [0, 0.1) is 5.92 Å².